The maximum atomic E-state index is 12.0. The van der Waals surface area contributed by atoms with Crippen molar-refractivity contribution < 1.29 is 23.9 Å². The SMILES string of the molecule is Cc1c(Cl)cccc1NC(=O)CCC(=O)NNC(=O)CCC(=O)OCCCc1ccccc1. The Hall–Kier alpha value is -3.39. The Bertz CT molecular complexity index is 966. The number of carbonyl (C=O) groups is 4. The lowest BCUT2D eigenvalue weighted by molar-refractivity contribution is -0.145. The van der Waals surface area contributed by atoms with Crippen molar-refractivity contribution in [2.75, 3.05) is 11.9 Å². The van der Waals surface area contributed by atoms with E-state index in [-0.39, 0.29) is 38.2 Å². The third-order valence-electron chi connectivity index (χ3n) is 4.73. The summed E-state index contributed by atoms with van der Waals surface area (Å²) >= 11 is 6.01. The number of esters is 1. The number of rotatable bonds is 11. The standard InChI is InChI=1S/C24H28ClN3O5/c1-17-19(25)10-5-11-20(17)26-21(29)12-13-22(30)27-28-23(31)14-15-24(32)33-16-6-9-18-7-3-2-4-8-18/h2-5,7-8,10-11H,6,9,12-16H2,1H3,(H,26,29)(H,27,30)(H,28,31). The number of nitrogens with one attached hydrogen (secondary N) is 3. The summed E-state index contributed by atoms with van der Waals surface area (Å²) in [6.07, 6.45) is 1.11. The van der Waals surface area contributed by atoms with E-state index in [1.165, 1.54) is 5.56 Å². The summed E-state index contributed by atoms with van der Waals surface area (Å²) in [5, 5.41) is 3.22. The number of hydrogen-bond acceptors (Lipinski definition) is 5. The van der Waals surface area contributed by atoms with E-state index in [4.69, 9.17) is 16.3 Å². The van der Waals surface area contributed by atoms with Crippen molar-refractivity contribution >= 4 is 41.0 Å². The van der Waals surface area contributed by atoms with Crippen molar-refractivity contribution in [2.45, 2.75) is 45.4 Å². The molecule has 0 saturated heterocycles. The number of benzene rings is 2. The van der Waals surface area contributed by atoms with Gasteiger partial charge in [0.1, 0.15) is 0 Å². The zero-order valence-electron chi connectivity index (χ0n) is 18.5. The molecule has 33 heavy (non-hydrogen) atoms. The molecule has 0 radical (unpaired) electrons. The number of halogens is 1. The van der Waals surface area contributed by atoms with Gasteiger partial charge in [0.2, 0.25) is 17.7 Å². The summed E-state index contributed by atoms with van der Waals surface area (Å²) in [5.74, 6) is -1.87. The molecule has 0 fully saturated rings. The van der Waals surface area contributed by atoms with Crippen LogP contribution in [0.3, 0.4) is 0 Å². The highest BCUT2D eigenvalue weighted by molar-refractivity contribution is 6.31. The summed E-state index contributed by atoms with van der Waals surface area (Å²) in [5.41, 5.74) is 6.93. The number of aryl methyl sites for hydroxylation is 1. The average Bonchev–Trinajstić information content (AvgIpc) is 2.81. The molecule has 3 amide bonds. The molecule has 0 bridgehead atoms. The Morgan fingerprint density at radius 3 is 2.15 bits per heavy atom. The molecule has 0 aliphatic carbocycles. The van der Waals surface area contributed by atoms with Gasteiger partial charge in [0.05, 0.1) is 13.0 Å². The van der Waals surface area contributed by atoms with E-state index < -0.39 is 17.8 Å². The molecule has 8 nitrogen and oxygen atoms in total. The zero-order valence-corrected chi connectivity index (χ0v) is 19.2. The fourth-order valence-electron chi connectivity index (χ4n) is 2.84. The largest absolute Gasteiger partial charge is 0.466 e. The first-order valence-corrected chi connectivity index (χ1v) is 11.0. The van der Waals surface area contributed by atoms with Crippen molar-refractivity contribution in [3.05, 3.63) is 64.7 Å². The number of ether oxygens (including phenoxy) is 1. The predicted molar refractivity (Wildman–Crippen MR) is 125 cm³/mol. The first-order valence-electron chi connectivity index (χ1n) is 10.7. The smallest absolute Gasteiger partial charge is 0.306 e. The van der Waals surface area contributed by atoms with E-state index in [2.05, 4.69) is 16.2 Å². The van der Waals surface area contributed by atoms with Crippen LogP contribution in [0.2, 0.25) is 5.02 Å². The van der Waals surface area contributed by atoms with Crippen LogP contribution in [0.4, 0.5) is 5.69 Å². The molecule has 0 heterocycles. The van der Waals surface area contributed by atoms with Crippen LogP contribution in [-0.4, -0.2) is 30.3 Å². The minimum absolute atomic E-state index is 0.0665. The molecule has 0 aliphatic heterocycles. The van der Waals surface area contributed by atoms with Gasteiger partial charge in [-0.15, -0.1) is 0 Å². The van der Waals surface area contributed by atoms with Crippen LogP contribution in [0.5, 0.6) is 0 Å². The summed E-state index contributed by atoms with van der Waals surface area (Å²) in [4.78, 5) is 47.4. The van der Waals surface area contributed by atoms with Crippen molar-refractivity contribution in [3.8, 4) is 0 Å². The third-order valence-corrected chi connectivity index (χ3v) is 5.14. The second-order valence-corrected chi connectivity index (χ2v) is 7.77. The van der Waals surface area contributed by atoms with Crippen molar-refractivity contribution in [2.24, 2.45) is 0 Å². The molecule has 0 spiro atoms. The zero-order chi connectivity index (χ0) is 24.1. The Morgan fingerprint density at radius 2 is 1.45 bits per heavy atom. The molecule has 2 aromatic rings. The van der Waals surface area contributed by atoms with Crippen LogP contribution >= 0.6 is 11.6 Å². The van der Waals surface area contributed by atoms with Crippen molar-refractivity contribution in [1.82, 2.24) is 10.9 Å². The van der Waals surface area contributed by atoms with Crippen LogP contribution in [-0.2, 0) is 30.3 Å². The van der Waals surface area contributed by atoms with Gasteiger partial charge in [-0.05, 0) is 43.0 Å². The first-order chi connectivity index (χ1) is 15.8. The van der Waals surface area contributed by atoms with Crippen LogP contribution < -0.4 is 16.2 Å². The molecule has 2 aromatic carbocycles. The van der Waals surface area contributed by atoms with E-state index in [9.17, 15) is 19.2 Å². The number of anilines is 1. The van der Waals surface area contributed by atoms with E-state index >= 15 is 0 Å². The normalized spacial score (nSPS) is 10.2. The second kappa shape index (κ2) is 13.9. The van der Waals surface area contributed by atoms with Gasteiger partial charge in [-0.2, -0.15) is 0 Å². The molecule has 0 aromatic heterocycles. The van der Waals surface area contributed by atoms with Crippen LogP contribution in [0.25, 0.3) is 0 Å². The second-order valence-electron chi connectivity index (χ2n) is 7.37. The van der Waals surface area contributed by atoms with Gasteiger partial charge in [-0.1, -0.05) is 48.0 Å². The topological polar surface area (TPSA) is 114 Å². The predicted octanol–water partition coefficient (Wildman–Crippen LogP) is 3.47. The molecule has 0 atom stereocenters. The highest BCUT2D eigenvalue weighted by Crippen LogP contribution is 2.23. The highest BCUT2D eigenvalue weighted by Gasteiger charge is 2.12. The maximum Gasteiger partial charge on any atom is 0.306 e. The minimum atomic E-state index is -0.524. The summed E-state index contributed by atoms with van der Waals surface area (Å²) in [6.45, 7) is 2.06. The van der Waals surface area contributed by atoms with Gasteiger partial charge in [-0.3, -0.25) is 30.0 Å². The fraction of sp³-hybridized carbons (Fsp3) is 0.333. The molecule has 176 valence electrons. The van der Waals surface area contributed by atoms with E-state index in [1.807, 2.05) is 30.3 Å². The molecular weight excluding hydrogens is 446 g/mol. The molecule has 9 heteroatoms. The van der Waals surface area contributed by atoms with E-state index in [0.717, 1.165) is 12.0 Å². The van der Waals surface area contributed by atoms with Crippen LogP contribution in [0.15, 0.2) is 48.5 Å². The quantitative estimate of drug-likeness (QED) is 0.263. The lowest BCUT2D eigenvalue weighted by Gasteiger charge is -2.10. The Kier molecular flexibility index (Phi) is 10.9. The number of amides is 3. The molecule has 0 unspecified atom stereocenters. The third kappa shape index (κ3) is 10.2. The van der Waals surface area contributed by atoms with Crippen molar-refractivity contribution in [1.29, 1.82) is 0 Å². The Morgan fingerprint density at radius 1 is 0.818 bits per heavy atom. The summed E-state index contributed by atoms with van der Waals surface area (Å²) in [7, 11) is 0. The molecular formula is C24H28ClN3O5. The van der Waals surface area contributed by atoms with Gasteiger partial charge in [0.25, 0.3) is 0 Å². The number of hydrazine groups is 1. The van der Waals surface area contributed by atoms with E-state index in [0.29, 0.717) is 17.1 Å². The number of hydrogen-bond donors (Lipinski definition) is 3. The maximum absolute atomic E-state index is 12.0. The van der Waals surface area contributed by atoms with Gasteiger partial charge in [0, 0.05) is 30.0 Å². The van der Waals surface area contributed by atoms with Crippen molar-refractivity contribution in [3.63, 3.8) is 0 Å². The molecule has 2 rings (SSSR count). The summed E-state index contributed by atoms with van der Waals surface area (Å²) < 4.78 is 5.11. The first kappa shape index (κ1) is 25.9. The minimum Gasteiger partial charge on any atom is -0.466 e. The Labute approximate surface area is 198 Å². The molecule has 0 saturated carbocycles. The van der Waals surface area contributed by atoms with E-state index in [1.54, 1.807) is 25.1 Å². The molecule has 0 aliphatic rings. The van der Waals surface area contributed by atoms with Gasteiger partial charge in [0.15, 0.2) is 0 Å². The van der Waals surface area contributed by atoms with Crippen LogP contribution in [0, 0.1) is 6.92 Å². The fourth-order valence-corrected chi connectivity index (χ4v) is 3.02. The highest BCUT2D eigenvalue weighted by atomic mass is 35.5. The van der Waals surface area contributed by atoms with Gasteiger partial charge < -0.3 is 10.1 Å². The summed E-state index contributed by atoms with van der Waals surface area (Å²) in [6, 6.07) is 15.0. The Balaban J connectivity index is 1.54. The number of carbonyl (C=O) groups excluding carboxylic acids is 4. The van der Waals surface area contributed by atoms with Crippen LogP contribution in [0.1, 0.15) is 43.2 Å². The van der Waals surface area contributed by atoms with Gasteiger partial charge in [-0.25, -0.2) is 0 Å². The lowest BCUT2D eigenvalue weighted by atomic mass is 10.1. The lowest BCUT2D eigenvalue weighted by Crippen LogP contribution is -2.41. The monoisotopic (exact) mass is 473 g/mol. The van der Waals surface area contributed by atoms with Gasteiger partial charge >= 0.3 is 5.97 Å². The average molecular weight is 474 g/mol. The molecule has 3 N–H and O–H groups in total.